The van der Waals surface area contributed by atoms with Crippen LogP contribution in [0.3, 0.4) is 0 Å². The molecule has 2 unspecified atom stereocenters. The molecule has 0 N–H and O–H groups in total. The lowest BCUT2D eigenvalue weighted by Crippen LogP contribution is -2.46. The van der Waals surface area contributed by atoms with Crippen molar-refractivity contribution in [3.8, 4) is 0 Å². The van der Waals surface area contributed by atoms with E-state index in [-0.39, 0.29) is 12.0 Å². The fourth-order valence-electron chi connectivity index (χ4n) is 2.50. The number of likely N-dealkylation sites (tertiary alicyclic amines) is 1. The van der Waals surface area contributed by atoms with Crippen LogP contribution in [0.5, 0.6) is 0 Å². The minimum absolute atomic E-state index is 0.0875. The minimum Gasteiger partial charge on any atom is -0.379 e. The molecule has 0 spiro atoms. The highest BCUT2D eigenvalue weighted by molar-refractivity contribution is 9.10. The SMILES string of the molecule is COC1CN(C(=O)c2cc(C)ccc2Br)CCC1C. The summed E-state index contributed by atoms with van der Waals surface area (Å²) < 4.78 is 6.33. The van der Waals surface area contributed by atoms with Crippen LogP contribution < -0.4 is 0 Å². The first-order valence-corrected chi connectivity index (χ1v) is 7.40. The van der Waals surface area contributed by atoms with Crippen molar-refractivity contribution in [3.05, 3.63) is 33.8 Å². The van der Waals surface area contributed by atoms with Crippen LogP contribution in [-0.2, 0) is 4.74 Å². The van der Waals surface area contributed by atoms with Gasteiger partial charge in [0, 0.05) is 24.7 Å². The number of methoxy groups -OCH3 is 1. The van der Waals surface area contributed by atoms with Crippen molar-refractivity contribution in [2.75, 3.05) is 20.2 Å². The molecule has 0 aromatic heterocycles. The van der Waals surface area contributed by atoms with Gasteiger partial charge in [0.1, 0.15) is 0 Å². The van der Waals surface area contributed by atoms with Gasteiger partial charge in [-0.05, 0) is 47.3 Å². The Hall–Kier alpha value is -0.870. The van der Waals surface area contributed by atoms with Crippen molar-refractivity contribution in [2.45, 2.75) is 26.4 Å². The number of aryl methyl sites for hydroxylation is 1. The lowest BCUT2D eigenvalue weighted by molar-refractivity contribution is -0.00160. The topological polar surface area (TPSA) is 29.5 Å². The van der Waals surface area contributed by atoms with Gasteiger partial charge in [0.2, 0.25) is 0 Å². The zero-order chi connectivity index (χ0) is 14.0. The molecule has 1 amide bonds. The Kier molecular flexibility index (Phi) is 4.63. The quantitative estimate of drug-likeness (QED) is 0.835. The van der Waals surface area contributed by atoms with Crippen LogP contribution in [0.4, 0.5) is 0 Å². The smallest absolute Gasteiger partial charge is 0.255 e. The van der Waals surface area contributed by atoms with E-state index in [9.17, 15) is 4.79 Å². The third kappa shape index (κ3) is 3.18. The van der Waals surface area contributed by atoms with Crippen molar-refractivity contribution in [3.63, 3.8) is 0 Å². The number of hydrogen-bond donors (Lipinski definition) is 0. The Bertz CT molecular complexity index is 475. The van der Waals surface area contributed by atoms with E-state index in [0.717, 1.165) is 28.6 Å². The predicted octanol–water partition coefficient (Wildman–Crippen LogP) is 3.25. The lowest BCUT2D eigenvalue weighted by atomic mass is 9.95. The summed E-state index contributed by atoms with van der Waals surface area (Å²) in [5.41, 5.74) is 1.84. The highest BCUT2D eigenvalue weighted by atomic mass is 79.9. The first kappa shape index (κ1) is 14.5. The Morgan fingerprint density at radius 3 is 2.89 bits per heavy atom. The molecule has 1 fully saturated rings. The van der Waals surface area contributed by atoms with Crippen molar-refractivity contribution in [2.24, 2.45) is 5.92 Å². The number of benzene rings is 1. The first-order chi connectivity index (χ1) is 9.02. The summed E-state index contributed by atoms with van der Waals surface area (Å²) in [7, 11) is 1.72. The van der Waals surface area contributed by atoms with Crippen LogP contribution in [0.15, 0.2) is 22.7 Å². The van der Waals surface area contributed by atoms with E-state index >= 15 is 0 Å². The third-order valence-corrected chi connectivity index (χ3v) is 4.52. The molecule has 19 heavy (non-hydrogen) atoms. The number of halogens is 1. The van der Waals surface area contributed by atoms with Gasteiger partial charge in [-0.2, -0.15) is 0 Å². The second kappa shape index (κ2) is 6.06. The van der Waals surface area contributed by atoms with Gasteiger partial charge in [-0.3, -0.25) is 4.79 Å². The monoisotopic (exact) mass is 325 g/mol. The summed E-state index contributed by atoms with van der Waals surface area (Å²) in [4.78, 5) is 14.5. The molecule has 1 aromatic carbocycles. The molecule has 1 saturated heterocycles. The maximum atomic E-state index is 12.6. The van der Waals surface area contributed by atoms with Crippen molar-refractivity contribution < 1.29 is 9.53 Å². The van der Waals surface area contributed by atoms with Gasteiger partial charge in [-0.15, -0.1) is 0 Å². The standard InChI is InChI=1S/C15H20BrNO2/c1-10-4-5-13(16)12(8-10)15(18)17-7-6-11(2)14(9-17)19-3/h4-5,8,11,14H,6-7,9H2,1-3H3. The van der Waals surface area contributed by atoms with Gasteiger partial charge in [-0.1, -0.05) is 18.6 Å². The number of hydrogen-bond acceptors (Lipinski definition) is 2. The molecule has 0 bridgehead atoms. The molecule has 2 atom stereocenters. The molecule has 3 nitrogen and oxygen atoms in total. The van der Waals surface area contributed by atoms with E-state index in [0.29, 0.717) is 12.5 Å². The zero-order valence-corrected chi connectivity index (χ0v) is 13.2. The molecule has 4 heteroatoms. The largest absolute Gasteiger partial charge is 0.379 e. The van der Waals surface area contributed by atoms with Crippen molar-refractivity contribution in [1.82, 2.24) is 4.90 Å². The number of ether oxygens (including phenoxy) is 1. The van der Waals surface area contributed by atoms with E-state index < -0.39 is 0 Å². The number of carbonyl (C=O) groups is 1. The molecule has 0 aliphatic carbocycles. The molecule has 104 valence electrons. The van der Waals surface area contributed by atoms with Gasteiger partial charge >= 0.3 is 0 Å². The molecule has 1 aliphatic heterocycles. The number of rotatable bonds is 2. The van der Waals surface area contributed by atoms with Crippen LogP contribution in [0.2, 0.25) is 0 Å². The summed E-state index contributed by atoms with van der Waals surface area (Å²) in [5.74, 6) is 0.597. The summed E-state index contributed by atoms with van der Waals surface area (Å²) in [6, 6.07) is 5.87. The van der Waals surface area contributed by atoms with E-state index in [1.165, 1.54) is 0 Å². The van der Waals surface area contributed by atoms with E-state index in [1.807, 2.05) is 30.0 Å². The van der Waals surface area contributed by atoms with Gasteiger partial charge in [-0.25, -0.2) is 0 Å². The molecule has 1 aliphatic rings. The Labute approximate surface area is 123 Å². The first-order valence-electron chi connectivity index (χ1n) is 6.61. The van der Waals surface area contributed by atoms with Crippen molar-refractivity contribution in [1.29, 1.82) is 0 Å². The van der Waals surface area contributed by atoms with E-state index in [4.69, 9.17) is 4.74 Å². The van der Waals surface area contributed by atoms with Gasteiger partial charge < -0.3 is 9.64 Å². The average molecular weight is 326 g/mol. The third-order valence-electron chi connectivity index (χ3n) is 3.83. The van der Waals surface area contributed by atoms with E-state index in [2.05, 4.69) is 22.9 Å². The fourth-order valence-corrected chi connectivity index (χ4v) is 2.91. The molecular weight excluding hydrogens is 306 g/mol. The molecule has 1 aromatic rings. The molecule has 0 saturated carbocycles. The summed E-state index contributed by atoms with van der Waals surface area (Å²) in [5, 5.41) is 0. The average Bonchev–Trinajstić information content (AvgIpc) is 2.41. The van der Waals surface area contributed by atoms with Gasteiger partial charge in [0.05, 0.1) is 11.7 Å². The highest BCUT2D eigenvalue weighted by Crippen LogP contribution is 2.24. The molecule has 0 radical (unpaired) electrons. The van der Waals surface area contributed by atoms with Crippen LogP contribution in [0.1, 0.15) is 29.3 Å². The Morgan fingerprint density at radius 1 is 1.47 bits per heavy atom. The van der Waals surface area contributed by atoms with Crippen LogP contribution in [-0.4, -0.2) is 37.1 Å². The molecular formula is C15H20BrNO2. The van der Waals surface area contributed by atoms with Crippen molar-refractivity contribution >= 4 is 21.8 Å². The summed E-state index contributed by atoms with van der Waals surface area (Å²) in [6.45, 7) is 5.66. The maximum absolute atomic E-state index is 12.6. The second-order valence-electron chi connectivity index (χ2n) is 5.27. The van der Waals surface area contributed by atoms with Crippen LogP contribution in [0, 0.1) is 12.8 Å². The predicted molar refractivity (Wildman–Crippen MR) is 79.4 cm³/mol. The van der Waals surface area contributed by atoms with E-state index in [1.54, 1.807) is 7.11 Å². The Balaban J connectivity index is 2.18. The highest BCUT2D eigenvalue weighted by Gasteiger charge is 2.29. The maximum Gasteiger partial charge on any atom is 0.255 e. The summed E-state index contributed by atoms with van der Waals surface area (Å²) in [6.07, 6.45) is 1.13. The number of nitrogens with zero attached hydrogens (tertiary/aromatic N) is 1. The molecule has 1 heterocycles. The van der Waals surface area contributed by atoms with Gasteiger partial charge in [0.25, 0.3) is 5.91 Å². The zero-order valence-electron chi connectivity index (χ0n) is 11.6. The second-order valence-corrected chi connectivity index (χ2v) is 6.13. The van der Waals surface area contributed by atoms with Crippen LogP contribution in [0.25, 0.3) is 0 Å². The summed E-state index contributed by atoms with van der Waals surface area (Å²) >= 11 is 3.46. The Morgan fingerprint density at radius 2 is 2.21 bits per heavy atom. The van der Waals surface area contributed by atoms with Gasteiger partial charge in [0.15, 0.2) is 0 Å². The number of piperidine rings is 1. The molecule has 2 rings (SSSR count). The number of carbonyl (C=O) groups excluding carboxylic acids is 1. The number of amides is 1. The van der Waals surface area contributed by atoms with Crippen LogP contribution >= 0.6 is 15.9 Å². The fraction of sp³-hybridized carbons (Fsp3) is 0.533. The normalized spacial score (nSPS) is 23.5. The minimum atomic E-state index is 0.0875. The lowest BCUT2D eigenvalue weighted by Gasteiger charge is -2.36.